The number of allylic oxidation sites excluding steroid dienone is 1. The van der Waals surface area contributed by atoms with Crippen LogP contribution in [0.2, 0.25) is 0 Å². The van der Waals surface area contributed by atoms with E-state index < -0.39 is 11.7 Å². The lowest BCUT2D eigenvalue weighted by atomic mass is 10.1. The van der Waals surface area contributed by atoms with Gasteiger partial charge in [0.2, 0.25) is 0 Å². The second-order valence-corrected chi connectivity index (χ2v) is 5.15. The Morgan fingerprint density at radius 1 is 1.42 bits per heavy atom. The molecule has 1 aromatic carbocycles. The van der Waals surface area contributed by atoms with Crippen LogP contribution >= 0.6 is 11.8 Å². The molecule has 19 heavy (non-hydrogen) atoms. The molecule has 0 aliphatic carbocycles. The van der Waals surface area contributed by atoms with Crippen LogP contribution in [0.25, 0.3) is 6.08 Å². The Morgan fingerprint density at radius 3 is 2.63 bits per heavy atom. The first-order valence-corrected chi connectivity index (χ1v) is 6.56. The number of alkyl halides is 3. The molecule has 0 aliphatic rings. The molecule has 0 atom stereocenters. The summed E-state index contributed by atoms with van der Waals surface area (Å²) in [6.45, 7) is 1.49. The zero-order chi connectivity index (χ0) is 14.5. The van der Waals surface area contributed by atoms with Crippen molar-refractivity contribution in [3.63, 3.8) is 0 Å². The lowest BCUT2D eigenvalue weighted by molar-refractivity contribution is -0.136. The fourth-order valence-corrected chi connectivity index (χ4v) is 1.97. The van der Waals surface area contributed by atoms with E-state index in [9.17, 15) is 18.0 Å². The second kappa shape index (κ2) is 6.65. The highest BCUT2D eigenvalue weighted by atomic mass is 32.2. The highest BCUT2D eigenvalue weighted by Gasteiger charge is 2.32. The van der Waals surface area contributed by atoms with E-state index in [-0.39, 0.29) is 10.8 Å². The number of carbonyl (C=O) groups excluding carboxylic acids is 1. The van der Waals surface area contributed by atoms with Gasteiger partial charge in [-0.2, -0.15) is 13.2 Å². The summed E-state index contributed by atoms with van der Waals surface area (Å²) in [4.78, 5) is 10.7. The normalized spacial score (nSPS) is 12.0. The van der Waals surface area contributed by atoms with E-state index in [0.29, 0.717) is 17.7 Å². The van der Waals surface area contributed by atoms with E-state index in [4.69, 9.17) is 5.73 Å². The highest BCUT2D eigenvalue weighted by molar-refractivity contribution is 8.13. The summed E-state index contributed by atoms with van der Waals surface area (Å²) in [5, 5.41) is 0.0483. The number of nitrogen functional groups attached to an aromatic ring is 1. The first kappa shape index (κ1) is 15.6. The van der Waals surface area contributed by atoms with E-state index in [0.717, 1.165) is 6.07 Å². The van der Waals surface area contributed by atoms with Crippen molar-refractivity contribution >= 4 is 28.6 Å². The van der Waals surface area contributed by atoms with E-state index >= 15 is 0 Å². The zero-order valence-electron chi connectivity index (χ0n) is 10.3. The van der Waals surface area contributed by atoms with Crippen molar-refractivity contribution in [2.24, 2.45) is 0 Å². The second-order valence-electron chi connectivity index (χ2n) is 3.88. The summed E-state index contributed by atoms with van der Waals surface area (Å²) in [5.74, 6) is 0.655. The standard InChI is InChI=1S/C13H14F3NOS/c1-9(18)19-7-3-2-4-10-5-6-11(12(17)8-10)13(14,15)16/h2,4-6,8H,3,7,17H2,1H3. The molecule has 0 radical (unpaired) electrons. The Morgan fingerprint density at radius 2 is 2.11 bits per heavy atom. The molecular formula is C13H14F3NOS. The molecule has 1 rings (SSSR count). The minimum absolute atomic E-state index is 0.0483. The highest BCUT2D eigenvalue weighted by Crippen LogP contribution is 2.33. The molecule has 0 aromatic heterocycles. The van der Waals surface area contributed by atoms with Gasteiger partial charge in [0.25, 0.3) is 0 Å². The predicted octanol–water partition coefficient (Wildman–Crippen LogP) is 3.97. The van der Waals surface area contributed by atoms with Crippen LogP contribution in [0.1, 0.15) is 24.5 Å². The topological polar surface area (TPSA) is 43.1 Å². The first-order valence-electron chi connectivity index (χ1n) is 5.57. The maximum Gasteiger partial charge on any atom is 0.418 e. The molecule has 0 aliphatic heterocycles. The Hall–Kier alpha value is -1.43. The molecule has 0 heterocycles. The number of halogens is 3. The van der Waals surface area contributed by atoms with Gasteiger partial charge in [-0.05, 0) is 24.1 Å². The van der Waals surface area contributed by atoms with E-state index in [2.05, 4.69) is 0 Å². The van der Waals surface area contributed by atoms with Crippen molar-refractivity contribution in [1.29, 1.82) is 0 Å². The zero-order valence-corrected chi connectivity index (χ0v) is 11.1. The van der Waals surface area contributed by atoms with Gasteiger partial charge in [0, 0.05) is 18.4 Å². The molecular weight excluding hydrogens is 275 g/mol. The molecule has 2 nitrogen and oxygen atoms in total. The summed E-state index contributed by atoms with van der Waals surface area (Å²) in [6, 6.07) is 3.63. The van der Waals surface area contributed by atoms with Crippen molar-refractivity contribution in [2.45, 2.75) is 19.5 Å². The maximum atomic E-state index is 12.5. The molecule has 0 amide bonds. The summed E-state index contributed by atoms with van der Waals surface area (Å²) in [6.07, 6.45) is -0.259. The number of benzene rings is 1. The van der Waals surface area contributed by atoms with Crippen LogP contribution in [0.3, 0.4) is 0 Å². The van der Waals surface area contributed by atoms with Crippen LogP contribution in [0.4, 0.5) is 18.9 Å². The van der Waals surface area contributed by atoms with Gasteiger partial charge in [-0.15, -0.1) is 0 Å². The number of carbonyl (C=O) groups is 1. The number of anilines is 1. The Bertz CT molecular complexity index is 483. The Labute approximate surface area is 113 Å². The van der Waals surface area contributed by atoms with Crippen LogP contribution < -0.4 is 5.73 Å². The molecule has 0 saturated carbocycles. The van der Waals surface area contributed by atoms with E-state index in [1.807, 2.05) is 0 Å². The van der Waals surface area contributed by atoms with Crippen LogP contribution in [0, 0.1) is 0 Å². The minimum atomic E-state index is -4.43. The third-order valence-corrected chi connectivity index (χ3v) is 3.13. The number of hydrogen-bond acceptors (Lipinski definition) is 3. The van der Waals surface area contributed by atoms with Crippen molar-refractivity contribution in [3.8, 4) is 0 Å². The van der Waals surface area contributed by atoms with E-state index in [1.165, 1.54) is 30.8 Å². The van der Waals surface area contributed by atoms with Gasteiger partial charge in [0.1, 0.15) is 0 Å². The molecule has 104 valence electrons. The van der Waals surface area contributed by atoms with Crippen molar-refractivity contribution < 1.29 is 18.0 Å². The van der Waals surface area contributed by atoms with Gasteiger partial charge in [-0.25, -0.2) is 0 Å². The Kier molecular flexibility index (Phi) is 5.47. The van der Waals surface area contributed by atoms with Crippen LogP contribution in [-0.2, 0) is 11.0 Å². The fraction of sp³-hybridized carbons (Fsp3) is 0.308. The lowest BCUT2D eigenvalue weighted by Gasteiger charge is -2.09. The molecule has 0 unspecified atom stereocenters. The summed E-state index contributed by atoms with van der Waals surface area (Å²) in [5.41, 5.74) is 4.88. The average molecular weight is 289 g/mol. The number of nitrogens with two attached hydrogens (primary N) is 1. The van der Waals surface area contributed by atoms with Crippen molar-refractivity contribution in [1.82, 2.24) is 0 Å². The monoisotopic (exact) mass is 289 g/mol. The van der Waals surface area contributed by atoms with Gasteiger partial charge in [0.05, 0.1) is 5.56 Å². The largest absolute Gasteiger partial charge is 0.418 e. The molecule has 6 heteroatoms. The molecule has 0 bridgehead atoms. The molecule has 2 N–H and O–H groups in total. The molecule has 1 aromatic rings. The number of hydrogen-bond donors (Lipinski definition) is 1. The van der Waals surface area contributed by atoms with Crippen molar-refractivity contribution in [3.05, 3.63) is 35.4 Å². The average Bonchev–Trinajstić information content (AvgIpc) is 2.26. The number of rotatable bonds is 4. The Balaban J connectivity index is 2.64. The van der Waals surface area contributed by atoms with Crippen LogP contribution in [-0.4, -0.2) is 10.9 Å². The lowest BCUT2D eigenvalue weighted by Crippen LogP contribution is -2.08. The van der Waals surface area contributed by atoms with Crippen molar-refractivity contribution in [2.75, 3.05) is 11.5 Å². The van der Waals surface area contributed by atoms with Gasteiger partial charge >= 0.3 is 6.18 Å². The first-order chi connectivity index (χ1) is 8.80. The SMILES string of the molecule is CC(=O)SCCC=Cc1ccc(C(F)(F)F)c(N)c1. The van der Waals surface area contributed by atoms with Crippen LogP contribution in [0.5, 0.6) is 0 Å². The van der Waals surface area contributed by atoms with Crippen LogP contribution in [0.15, 0.2) is 24.3 Å². The van der Waals surface area contributed by atoms with Gasteiger partial charge in [-0.1, -0.05) is 30.0 Å². The smallest absolute Gasteiger partial charge is 0.398 e. The maximum absolute atomic E-state index is 12.5. The van der Waals surface area contributed by atoms with E-state index in [1.54, 1.807) is 12.2 Å². The number of thioether (sulfide) groups is 1. The summed E-state index contributed by atoms with van der Waals surface area (Å²) >= 11 is 1.21. The molecule has 0 saturated heterocycles. The summed E-state index contributed by atoms with van der Waals surface area (Å²) < 4.78 is 37.4. The third-order valence-electron chi connectivity index (χ3n) is 2.28. The fourth-order valence-electron chi connectivity index (χ4n) is 1.43. The van der Waals surface area contributed by atoms with Gasteiger partial charge in [0.15, 0.2) is 5.12 Å². The molecule has 0 fully saturated rings. The predicted molar refractivity (Wildman–Crippen MR) is 72.6 cm³/mol. The third kappa shape index (κ3) is 5.38. The molecule has 0 spiro atoms. The summed E-state index contributed by atoms with van der Waals surface area (Å²) in [7, 11) is 0. The quantitative estimate of drug-likeness (QED) is 0.673. The van der Waals surface area contributed by atoms with Gasteiger partial charge < -0.3 is 5.73 Å². The van der Waals surface area contributed by atoms with Gasteiger partial charge in [-0.3, -0.25) is 4.79 Å². The minimum Gasteiger partial charge on any atom is -0.398 e.